The third-order valence-corrected chi connectivity index (χ3v) is 13.4. The number of carbonyl (C=O) groups is 4. The summed E-state index contributed by atoms with van der Waals surface area (Å²) in [6, 6.07) is 45.9. The first kappa shape index (κ1) is 42.9. The van der Waals surface area contributed by atoms with Crippen molar-refractivity contribution in [2.75, 3.05) is 14.2 Å². The van der Waals surface area contributed by atoms with Crippen molar-refractivity contribution in [3.05, 3.63) is 202 Å². The number of aromatic amines is 4. The van der Waals surface area contributed by atoms with E-state index < -0.39 is 0 Å². The summed E-state index contributed by atoms with van der Waals surface area (Å²) in [5, 5.41) is 3.58. The number of carbonyl (C=O) groups excluding carboxylic acids is 4. The van der Waals surface area contributed by atoms with Crippen molar-refractivity contribution in [3.8, 4) is 11.5 Å². The fourth-order valence-electron chi connectivity index (χ4n) is 9.44. The molecule has 2 aliphatic rings. The summed E-state index contributed by atoms with van der Waals surface area (Å²) in [6.45, 7) is 0.344. The third-order valence-electron chi connectivity index (χ3n) is 12.8. The van der Waals surface area contributed by atoms with E-state index in [1.54, 1.807) is 14.2 Å². The Bertz CT molecular complexity index is 3660. The van der Waals surface area contributed by atoms with Crippen LogP contribution in [0.4, 0.5) is 0 Å². The van der Waals surface area contributed by atoms with E-state index in [1.165, 1.54) is 9.80 Å². The van der Waals surface area contributed by atoms with Crippen LogP contribution in [0.2, 0.25) is 0 Å². The number of para-hydroxylation sites is 4. The zero-order chi connectivity index (χ0) is 47.3. The Morgan fingerprint density at radius 3 is 1.14 bits per heavy atom. The second kappa shape index (κ2) is 17.5. The zero-order valence-corrected chi connectivity index (χ0v) is 38.8. The quantitative estimate of drug-likeness (QED) is 0.1000. The minimum atomic E-state index is -0.323. The number of imide groups is 2. The number of ether oxygens (including phenoxy) is 2. The predicted molar refractivity (Wildman–Crippen MR) is 272 cm³/mol. The van der Waals surface area contributed by atoms with E-state index in [0.29, 0.717) is 43.8 Å². The molecule has 6 aromatic carbocycles. The molecule has 0 unspecified atom stereocenters. The van der Waals surface area contributed by atoms with Gasteiger partial charge < -0.3 is 29.4 Å². The van der Waals surface area contributed by atoms with Gasteiger partial charge in [0, 0.05) is 84.5 Å². The minimum Gasteiger partial charge on any atom is -0.497 e. The molecule has 0 saturated carbocycles. The van der Waals surface area contributed by atoms with Gasteiger partial charge in [-0.25, -0.2) is 0 Å². The summed E-state index contributed by atoms with van der Waals surface area (Å²) in [7, 11) is 3.21. The van der Waals surface area contributed by atoms with Crippen molar-refractivity contribution in [2.24, 2.45) is 0 Å². The topological polar surface area (TPSA) is 156 Å². The highest BCUT2D eigenvalue weighted by Crippen LogP contribution is 2.45. The number of H-pyrrole nitrogens is 4. The average Bonchev–Trinajstić information content (AvgIpc) is 4.24. The monoisotopic (exact) mass is 972 g/mol. The summed E-state index contributed by atoms with van der Waals surface area (Å²) in [5.74, 6) is 0.199. The second-order valence-electron chi connectivity index (χ2n) is 16.7. The van der Waals surface area contributed by atoms with Gasteiger partial charge in [-0.2, -0.15) is 0 Å². The van der Waals surface area contributed by atoms with Gasteiger partial charge in [-0.3, -0.25) is 29.0 Å². The van der Waals surface area contributed by atoms with Crippen LogP contribution in [0, 0.1) is 0 Å². The van der Waals surface area contributed by atoms with Gasteiger partial charge in [0.05, 0.1) is 54.2 Å². The van der Waals surface area contributed by atoms with Gasteiger partial charge in [0.25, 0.3) is 23.6 Å². The molecule has 338 valence electrons. The predicted octanol–water partition coefficient (Wildman–Crippen LogP) is 11.0. The Kier molecular flexibility index (Phi) is 10.9. The van der Waals surface area contributed by atoms with Crippen molar-refractivity contribution in [1.29, 1.82) is 0 Å². The molecule has 0 fully saturated rings. The summed E-state index contributed by atoms with van der Waals surface area (Å²) >= 11 is 3.62. The first-order valence-corrected chi connectivity index (χ1v) is 22.9. The van der Waals surface area contributed by atoms with E-state index >= 15 is 0 Å². The molecule has 6 heterocycles. The largest absolute Gasteiger partial charge is 0.497 e. The molecule has 0 saturated heterocycles. The maximum absolute atomic E-state index is 14.0. The number of aromatic nitrogens is 4. The van der Waals surface area contributed by atoms with Gasteiger partial charge in [0.2, 0.25) is 0 Å². The number of hydrogen-bond acceptors (Lipinski definition) is 6. The van der Waals surface area contributed by atoms with Crippen LogP contribution in [0.3, 0.4) is 0 Å². The van der Waals surface area contributed by atoms with Crippen molar-refractivity contribution < 1.29 is 28.7 Å². The molecule has 0 atom stereocenters. The SMILES string of the molecule is COc1ccc(CN2C(=O)C(c3c[nH]c4ccccc34)=C(c3c(Br)[nH]c4ccccc34)C2=O)cc1.COc1ccc(CN2C(=O)C(c3c[nH]c4ccccc34)=C(c3c[nH]c4ccccc34)C2=O)cc1. The van der Waals surface area contributed by atoms with Gasteiger partial charge in [-0.1, -0.05) is 97.1 Å². The maximum atomic E-state index is 14.0. The van der Waals surface area contributed by atoms with E-state index in [2.05, 4.69) is 35.9 Å². The van der Waals surface area contributed by atoms with Crippen molar-refractivity contribution in [1.82, 2.24) is 29.7 Å². The summed E-state index contributed by atoms with van der Waals surface area (Å²) in [4.78, 5) is 71.2. The molecule has 0 spiro atoms. The summed E-state index contributed by atoms with van der Waals surface area (Å²) in [6.07, 6.45) is 5.44. The molecule has 4 N–H and O–H groups in total. The highest BCUT2D eigenvalue weighted by Gasteiger charge is 2.43. The van der Waals surface area contributed by atoms with Crippen molar-refractivity contribution in [3.63, 3.8) is 0 Å². The number of nitrogens with one attached hydrogen (secondary N) is 4. The van der Waals surface area contributed by atoms with E-state index in [0.717, 1.165) is 71.6 Å². The molecule has 13 heteroatoms. The number of nitrogens with zero attached hydrogens (tertiary/aromatic N) is 2. The molecule has 12 rings (SSSR count). The molecule has 4 amide bonds. The van der Waals surface area contributed by atoms with Crippen molar-refractivity contribution >= 4 is 105 Å². The summed E-state index contributed by atoms with van der Waals surface area (Å²) in [5.41, 5.74) is 9.78. The number of methoxy groups -OCH3 is 2. The Balaban J connectivity index is 0.000000151. The van der Waals surface area contributed by atoms with Crippen LogP contribution in [0.15, 0.2) is 169 Å². The fraction of sp³-hybridized carbons (Fsp3) is 0.0714. The Morgan fingerprint density at radius 1 is 0.420 bits per heavy atom. The zero-order valence-electron chi connectivity index (χ0n) is 37.2. The third kappa shape index (κ3) is 7.40. The number of hydrogen-bond donors (Lipinski definition) is 4. The normalized spacial score (nSPS) is 14.1. The highest BCUT2D eigenvalue weighted by molar-refractivity contribution is 9.10. The van der Waals surface area contributed by atoms with Crippen molar-refractivity contribution in [2.45, 2.75) is 13.1 Å². The van der Waals surface area contributed by atoms with Crippen LogP contribution in [0.25, 0.3) is 65.9 Å². The maximum Gasteiger partial charge on any atom is 0.262 e. The van der Waals surface area contributed by atoms with Crippen LogP contribution in [-0.2, 0) is 32.3 Å². The lowest BCUT2D eigenvalue weighted by Crippen LogP contribution is -2.31. The minimum absolute atomic E-state index is 0.164. The van der Waals surface area contributed by atoms with E-state index in [-0.39, 0.29) is 36.7 Å². The van der Waals surface area contributed by atoms with Gasteiger partial charge in [-0.15, -0.1) is 0 Å². The molecule has 12 nitrogen and oxygen atoms in total. The van der Waals surface area contributed by atoms with Gasteiger partial charge in [0.1, 0.15) is 11.5 Å². The average molecular weight is 974 g/mol. The lowest BCUT2D eigenvalue weighted by atomic mass is 9.95. The van der Waals surface area contributed by atoms with Crippen LogP contribution in [0.5, 0.6) is 11.5 Å². The second-order valence-corrected chi connectivity index (χ2v) is 17.5. The molecule has 2 aliphatic heterocycles. The molecule has 4 aromatic heterocycles. The van der Waals surface area contributed by atoms with E-state index in [9.17, 15) is 19.2 Å². The summed E-state index contributed by atoms with van der Waals surface area (Å²) < 4.78 is 11.1. The molecular weight excluding hydrogens is 933 g/mol. The van der Waals surface area contributed by atoms with Crippen LogP contribution < -0.4 is 9.47 Å². The standard InChI is InChI=1S/C28H20BrN3O3.C28H21N3O3/c1-35-17-12-10-16(11-13-17)15-32-27(33)24(20-14-30-21-8-4-2-6-18(20)21)25(28(32)34)23-19-7-3-5-9-22(19)31-26(23)29;1-34-18-12-10-17(11-13-18)16-31-27(32)25(21-14-29-23-8-4-2-6-19(21)23)26(28(31)33)22-15-30-24-9-5-3-7-20(22)24/h2-14,30-31H,15H2,1H3;2-15,29-30H,16H2,1H3. The van der Waals surface area contributed by atoms with Crippen LogP contribution in [-0.4, -0.2) is 67.6 Å². The molecular formula is C56H41BrN6O6. The number of rotatable bonds is 10. The van der Waals surface area contributed by atoms with E-state index in [4.69, 9.17) is 9.47 Å². The highest BCUT2D eigenvalue weighted by atomic mass is 79.9. The molecule has 69 heavy (non-hydrogen) atoms. The van der Waals surface area contributed by atoms with Gasteiger partial charge in [-0.05, 0) is 75.6 Å². The number of benzene rings is 6. The Morgan fingerprint density at radius 2 is 0.754 bits per heavy atom. The number of fused-ring (bicyclic) bond motifs is 4. The lowest BCUT2D eigenvalue weighted by molar-refractivity contribution is -0.138. The lowest BCUT2D eigenvalue weighted by Gasteiger charge is -2.15. The first-order chi connectivity index (χ1) is 33.7. The number of amides is 4. The van der Waals surface area contributed by atoms with E-state index in [1.807, 2.05) is 164 Å². The smallest absolute Gasteiger partial charge is 0.262 e. The Hall–Kier alpha value is -8.68. The molecule has 10 aromatic rings. The van der Waals surface area contributed by atoms with Gasteiger partial charge >= 0.3 is 0 Å². The molecule has 0 aliphatic carbocycles. The molecule has 0 bridgehead atoms. The molecule has 0 radical (unpaired) electrons. The Labute approximate surface area is 403 Å². The first-order valence-electron chi connectivity index (χ1n) is 22.1. The fourth-order valence-corrected chi connectivity index (χ4v) is 10.1. The number of halogens is 1. The van der Waals surface area contributed by atoms with Crippen LogP contribution in [0.1, 0.15) is 33.4 Å². The van der Waals surface area contributed by atoms with Crippen LogP contribution >= 0.6 is 15.9 Å². The van der Waals surface area contributed by atoms with Gasteiger partial charge in [0.15, 0.2) is 0 Å².